The maximum Gasteiger partial charge on any atom is 0.257 e. The number of amides is 2. The van der Waals surface area contributed by atoms with Gasteiger partial charge in [-0.1, -0.05) is 23.2 Å². The van der Waals surface area contributed by atoms with Gasteiger partial charge >= 0.3 is 0 Å². The molecule has 6 nitrogen and oxygen atoms in total. The fourth-order valence-corrected chi connectivity index (χ4v) is 2.46. The van der Waals surface area contributed by atoms with Gasteiger partial charge in [0.1, 0.15) is 16.3 Å². The van der Waals surface area contributed by atoms with Crippen LogP contribution in [0.4, 0.5) is 0 Å². The first-order valence-electron chi connectivity index (χ1n) is 5.50. The van der Waals surface area contributed by atoms with Crippen LogP contribution in [-0.4, -0.2) is 45.5 Å². The maximum atomic E-state index is 12.3. The van der Waals surface area contributed by atoms with Gasteiger partial charge in [-0.15, -0.1) is 0 Å². The summed E-state index contributed by atoms with van der Waals surface area (Å²) < 4.78 is 0. The highest BCUT2D eigenvalue weighted by Crippen LogP contribution is 2.24. The van der Waals surface area contributed by atoms with Crippen molar-refractivity contribution in [3.63, 3.8) is 0 Å². The Balaban J connectivity index is 2.30. The van der Waals surface area contributed by atoms with Crippen molar-refractivity contribution in [3.05, 3.63) is 28.0 Å². The molecule has 0 radical (unpaired) electrons. The van der Waals surface area contributed by atoms with Crippen LogP contribution in [0.25, 0.3) is 0 Å². The van der Waals surface area contributed by atoms with Crippen molar-refractivity contribution in [3.8, 4) is 0 Å². The van der Waals surface area contributed by atoms with Crippen molar-refractivity contribution in [2.45, 2.75) is 18.6 Å². The van der Waals surface area contributed by atoms with Gasteiger partial charge in [0.2, 0.25) is 5.91 Å². The fourth-order valence-electron chi connectivity index (χ4n) is 2.03. The lowest BCUT2D eigenvalue weighted by Gasteiger charge is -2.22. The molecule has 1 fully saturated rings. The summed E-state index contributed by atoms with van der Waals surface area (Å²) in [5, 5.41) is 9.66. The highest BCUT2D eigenvalue weighted by atomic mass is 35.5. The Labute approximate surface area is 119 Å². The predicted octanol–water partition coefficient (Wildman–Crippen LogP) is 0.449. The number of hydrogen-bond donors (Lipinski definition) is 2. The largest absolute Gasteiger partial charge is 0.391 e. The monoisotopic (exact) mass is 303 g/mol. The second kappa shape index (κ2) is 5.32. The predicted molar refractivity (Wildman–Crippen MR) is 68.9 cm³/mol. The quantitative estimate of drug-likeness (QED) is 0.775. The molecule has 1 aliphatic heterocycles. The molecule has 8 heteroatoms. The van der Waals surface area contributed by atoms with E-state index in [9.17, 15) is 14.7 Å². The van der Waals surface area contributed by atoms with E-state index in [1.165, 1.54) is 17.0 Å². The second-order valence-electron chi connectivity index (χ2n) is 4.24. The van der Waals surface area contributed by atoms with E-state index in [4.69, 9.17) is 28.9 Å². The number of aliphatic hydroxyl groups excluding tert-OH is 1. The average molecular weight is 304 g/mol. The average Bonchev–Trinajstić information content (AvgIpc) is 2.70. The van der Waals surface area contributed by atoms with E-state index < -0.39 is 24.0 Å². The summed E-state index contributed by atoms with van der Waals surface area (Å²) >= 11 is 11.5. The third kappa shape index (κ3) is 2.80. The van der Waals surface area contributed by atoms with Crippen LogP contribution in [0.15, 0.2) is 12.1 Å². The number of halogens is 2. The van der Waals surface area contributed by atoms with Gasteiger partial charge in [0, 0.05) is 13.0 Å². The highest BCUT2D eigenvalue weighted by molar-refractivity contribution is 6.34. The number of rotatable bonds is 2. The lowest BCUT2D eigenvalue weighted by molar-refractivity contribution is -0.121. The maximum absolute atomic E-state index is 12.3. The molecule has 1 aromatic heterocycles. The van der Waals surface area contributed by atoms with Gasteiger partial charge in [-0.2, -0.15) is 0 Å². The molecular weight excluding hydrogens is 293 g/mol. The molecule has 0 saturated carbocycles. The van der Waals surface area contributed by atoms with Crippen molar-refractivity contribution in [1.82, 2.24) is 9.88 Å². The van der Waals surface area contributed by atoms with Crippen LogP contribution in [0.5, 0.6) is 0 Å². The van der Waals surface area contributed by atoms with E-state index in [-0.39, 0.29) is 28.8 Å². The lowest BCUT2D eigenvalue weighted by atomic mass is 10.2. The zero-order valence-electron chi connectivity index (χ0n) is 9.72. The molecule has 1 aromatic rings. The highest BCUT2D eigenvalue weighted by Gasteiger charge is 2.38. The molecule has 19 heavy (non-hydrogen) atoms. The minimum Gasteiger partial charge on any atom is -0.391 e. The Morgan fingerprint density at radius 1 is 1.42 bits per heavy atom. The second-order valence-corrected chi connectivity index (χ2v) is 4.98. The van der Waals surface area contributed by atoms with E-state index in [0.717, 1.165) is 0 Å². The van der Waals surface area contributed by atoms with Gasteiger partial charge in [0.05, 0.1) is 11.7 Å². The summed E-state index contributed by atoms with van der Waals surface area (Å²) in [6.07, 6.45) is -0.653. The SMILES string of the molecule is NC(=O)C1CC(O)CN1C(=O)c1ccc(Cl)nc1Cl. The Bertz CT molecular complexity index is 538. The Morgan fingerprint density at radius 3 is 2.68 bits per heavy atom. The zero-order valence-corrected chi connectivity index (χ0v) is 11.2. The van der Waals surface area contributed by atoms with Gasteiger partial charge in [0.15, 0.2) is 0 Å². The number of carbonyl (C=O) groups excluding carboxylic acids is 2. The molecule has 2 rings (SSSR count). The summed E-state index contributed by atoms with van der Waals surface area (Å²) in [5.41, 5.74) is 5.33. The molecule has 2 heterocycles. The van der Waals surface area contributed by atoms with Crippen LogP contribution < -0.4 is 5.73 Å². The molecule has 0 aliphatic carbocycles. The molecule has 0 spiro atoms. The van der Waals surface area contributed by atoms with E-state index in [1.807, 2.05) is 0 Å². The number of β-amino-alcohol motifs (C(OH)–C–C–N with tert-alkyl or cyclic N) is 1. The standard InChI is InChI=1S/C11H11Cl2N3O3/c12-8-2-1-6(9(13)15-8)11(19)16-4-5(17)3-7(16)10(14)18/h1-2,5,7,17H,3-4H2,(H2,14,18). The summed E-state index contributed by atoms with van der Waals surface area (Å²) in [6, 6.07) is 2.00. The topological polar surface area (TPSA) is 96.5 Å². The molecule has 2 atom stereocenters. The molecule has 2 amide bonds. The van der Waals surface area contributed by atoms with Crippen LogP contribution in [0.3, 0.4) is 0 Å². The van der Waals surface area contributed by atoms with Crippen molar-refractivity contribution in [2.24, 2.45) is 5.73 Å². The number of pyridine rings is 1. The molecule has 0 bridgehead atoms. The van der Waals surface area contributed by atoms with Gasteiger partial charge < -0.3 is 15.7 Å². The van der Waals surface area contributed by atoms with Crippen LogP contribution >= 0.6 is 23.2 Å². The van der Waals surface area contributed by atoms with Crippen molar-refractivity contribution >= 4 is 35.0 Å². The normalized spacial score (nSPS) is 22.6. The number of likely N-dealkylation sites (tertiary alicyclic amines) is 1. The number of hydrogen-bond acceptors (Lipinski definition) is 4. The number of aromatic nitrogens is 1. The van der Waals surface area contributed by atoms with E-state index >= 15 is 0 Å². The van der Waals surface area contributed by atoms with Gasteiger partial charge in [0.25, 0.3) is 5.91 Å². The minimum absolute atomic E-state index is 0.0331. The molecule has 2 unspecified atom stereocenters. The van der Waals surface area contributed by atoms with E-state index in [2.05, 4.69) is 4.98 Å². The summed E-state index contributed by atoms with van der Waals surface area (Å²) in [6.45, 7) is 0.0331. The number of nitrogens with two attached hydrogens (primary N) is 1. The molecule has 1 aliphatic rings. The smallest absolute Gasteiger partial charge is 0.257 e. The van der Waals surface area contributed by atoms with Crippen LogP contribution in [0.1, 0.15) is 16.8 Å². The summed E-state index contributed by atoms with van der Waals surface area (Å²) in [4.78, 5) is 28.5. The Kier molecular flexibility index (Phi) is 3.93. The van der Waals surface area contributed by atoms with Crippen molar-refractivity contribution < 1.29 is 14.7 Å². The van der Waals surface area contributed by atoms with Crippen LogP contribution in [0.2, 0.25) is 10.3 Å². The van der Waals surface area contributed by atoms with Gasteiger partial charge in [-0.05, 0) is 12.1 Å². The minimum atomic E-state index is -0.839. The number of aliphatic hydroxyl groups is 1. The zero-order chi connectivity index (χ0) is 14.2. The van der Waals surface area contributed by atoms with E-state index in [1.54, 1.807) is 0 Å². The number of nitrogens with zero attached hydrogens (tertiary/aromatic N) is 2. The third-order valence-electron chi connectivity index (χ3n) is 2.91. The Morgan fingerprint density at radius 2 is 2.11 bits per heavy atom. The number of primary amides is 1. The van der Waals surface area contributed by atoms with E-state index in [0.29, 0.717) is 0 Å². The molecular formula is C11H11Cl2N3O3. The van der Waals surface area contributed by atoms with Gasteiger partial charge in [-0.3, -0.25) is 9.59 Å². The van der Waals surface area contributed by atoms with Crippen molar-refractivity contribution in [2.75, 3.05) is 6.54 Å². The summed E-state index contributed by atoms with van der Waals surface area (Å²) in [7, 11) is 0. The Hall–Kier alpha value is -1.37. The lowest BCUT2D eigenvalue weighted by Crippen LogP contribution is -2.43. The first kappa shape index (κ1) is 14.0. The summed E-state index contributed by atoms with van der Waals surface area (Å²) in [5.74, 6) is -1.17. The van der Waals surface area contributed by atoms with Crippen molar-refractivity contribution in [1.29, 1.82) is 0 Å². The first-order valence-corrected chi connectivity index (χ1v) is 6.26. The molecule has 3 N–H and O–H groups in total. The number of carbonyl (C=O) groups is 2. The van der Waals surface area contributed by atoms with Crippen LogP contribution in [-0.2, 0) is 4.79 Å². The third-order valence-corrected chi connectivity index (χ3v) is 3.41. The molecule has 102 valence electrons. The van der Waals surface area contributed by atoms with Gasteiger partial charge in [-0.25, -0.2) is 4.98 Å². The molecule has 0 aromatic carbocycles. The fraction of sp³-hybridized carbons (Fsp3) is 0.364. The van der Waals surface area contributed by atoms with Crippen LogP contribution in [0, 0.1) is 0 Å². The first-order chi connectivity index (χ1) is 8.90. The molecule has 1 saturated heterocycles.